The molecule has 0 saturated heterocycles. The Morgan fingerprint density at radius 3 is 3.00 bits per heavy atom. The Labute approximate surface area is 95.1 Å². The molecule has 0 aliphatic carbocycles. The predicted octanol–water partition coefficient (Wildman–Crippen LogP) is 2.78. The molecule has 2 aromatic rings. The number of benzene rings is 1. The average molecular weight is 220 g/mol. The zero-order valence-electron chi connectivity index (χ0n) is 9.54. The lowest BCUT2D eigenvalue weighted by molar-refractivity contribution is 0.603. The lowest BCUT2D eigenvalue weighted by atomic mass is 10.2. The summed E-state index contributed by atoms with van der Waals surface area (Å²) in [5.41, 5.74) is 0.983. The molecule has 0 atom stereocenters. The van der Waals surface area contributed by atoms with E-state index in [4.69, 9.17) is 0 Å². The van der Waals surface area contributed by atoms with Gasteiger partial charge in [-0.25, -0.2) is 4.39 Å². The third-order valence-electron chi connectivity index (χ3n) is 2.76. The van der Waals surface area contributed by atoms with Crippen LogP contribution >= 0.6 is 0 Å². The molecule has 0 aliphatic heterocycles. The zero-order valence-corrected chi connectivity index (χ0v) is 9.54. The summed E-state index contributed by atoms with van der Waals surface area (Å²) in [6, 6.07) is 7.08. The van der Waals surface area contributed by atoms with Crippen LogP contribution in [0.25, 0.3) is 10.9 Å². The maximum Gasteiger partial charge on any atom is 0.132 e. The van der Waals surface area contributed by atoms with Gasteiger partial charge in [0.1, 0.15) is 5.82 Å². The molecular formula is C13H17FN2. The molecule has 1 aromatic carbocycles. The number of nitrogens with zero attached hydrogens (tertiary/aromatic N) is 1. The van der Waals surface area contributed by atoms with E-state index in [0.717, 1.165) is 31.6 Å². The highest BCUT2D eigenvalue weighted by Crippen LogP contribution is 2.18. The topological polar surface area (TPSA) is 17.0 Å². The van der Waals surface area contributed by atoms with Crippen molar-refractivity contribution in [2.75, 3.05) is 13.1 Å². The number of aryl methyl sites for hydroxylation is 1. The Kier molecular flexibility index (Phi) is 3.57. The van der Waals surface area contributed by atoms with Crippen LogP contribution in [0.2, 0.25) is 0 Å². The van der Waals surface area contributed by atoms with Gasteiger partial charge in [0.25, 0.3) is 0 Å². The lowest BCUT2D eigenvalue weighted by Gasteiger charge is -2.05. The van der Waals surface area contributed by atoms with Crippen molar-refractivity contribution in [3.8, 4) is 0 Å². The number of aromatic nitrogens is 1. The number of nitrogens with one attached hydrogen (secondary N) is 1. The molecule has 3 heteroatoms. The fourth-order valence-electron chi connectivity index (χ4n) is 1.93. The Morgan fingerprint density at radius 1 is 1.31 bits per heavy atom. The summed E-state index contributed by atoms with van der Waals surface area (Å²) < 4.78 is 15.5. The molecule has 2 rings (SSSR count). The first-order valence-electron chi connectivity index (χ1n) is 5.77. The minimum atomic E-state index is -0.136. The van der Waals surface area contributed by atoms with Crippen molar-refractivity contribution in [3.05, 3.63) is 36.3 Å². The first-order chi connectivity index (χ1) is 7.83. The molecule has 0 unspecified atom stereocenters. The van der Waals surface area contributed by atoms with Gasteiger partial charge in [0.2, 0.25) is 0 Å². The van der Waals surface area contributed by atoms with E-state index < -0.39 is 0 Å². The Hall–Kier alpha value is -1.35. The molecule has 1 N–H and O–H groups in total. The van der Waals surface area contributed by atoms with Crippen LogP contribution in [0.1, 0.15) is 13.3 Å². The van der Waals surface area contributed by atoms with E-state index in [1.807, 2.05) is 18.3 Å². The van der Waals surface area contributed by atoms with Crippen LogP contribution < -0.4 is 5.32 Å². The van der Waals surface area contributed by atoms with Gasteiger partial charge in [0, 0.05) is 18.1 Å². The monoisotopic (exact) mass is 220 g/mol. The molecule has 0 aliphatic rings. The smallest absolute Gasteiger partial charge is 0.132 e. The minimum Gasteiger partial charge on any atom is -0.347 e. The average Bonchev–Trinajstić information content (AvgIpc) is 2.70. The van der Waals surface area contributed by atoms with Crippen molar-refractivity contribution in [2.24, 2.45) is 0 Å². The summed E-state index contributed by atoms with van der Waals surface area (Å²) in [5, 5.41) is 4.00. The lowest BCUT2D eigenvalue weighted by Crippen LogP contribution is -2.15. The highest BCUT2D eigenvalue weighted by atomic mass is 19.1. The van der Waals surface area contributed by atoms with Crippen molar-refractivity contribution < 1.29 is 4.39 Å². The maximum atomic E-state index is 13.4. The van der Waals surface area contributed by atoms with Gasteiger partial charge in [-0.1, -0.05) is 13.0 Å². The first-order valence-corrected chi connectivity index (χ1v) is 5.77. The molecule has 0 bridgehead atoms. The van der Waals surface area contributed by atoms with Gasteiger partial charge in [0.15, 0.2) is 0 Å². The standard InChI is InChI=1S/C13H17FN2/c1-2-15-8-4-9-16-10-7-11-12(14)5-3-6-13(11)16/h3,5-7,10,15H,2,4,8-9H2,1H3. The number of rotatable bonds is 5. The van der Waals surface area contributed by atoms with Crippen molar-refractivity contribution >= 4 is 10.9 Å². The number of halogens is 1. The van der Waals surface area contributed by atoms with Crippen molar-refractivity contribution in [1.82, 2.24) is 9.88 Å². The minimum absolute atomic E-state index is 0.136. The summed E-state index contributed by atoms with van der Waals surface area (Å²) in [6.07, 6.45) is 3.02. The molecule has 1 aromatic heterocycles. The number of hydrogen-bond donors (Lipinski definition) is 1. The second kappa shape index (κ2) is 5.12. The van der Waals surface area contributed by atoms with Gasteiger partial charge in [-0.15, -0.1) is 0 Å². The second-order valence-corrected chi connectivity index (χ2v) is 3.89. The van der Waals surface area contributed by atoms with Gasteiger partial charge in [0.05, 0.1) is 5.52 Å². The van der Waals surface area contributed by atoms with E-state index in [1.165, 1.54) is 6.07 Å². The molecule has 16 heavy (non-hydrogen) atoms. The number of hydrogen-bond acceptors (Lipinski definition) is 1. The quantitative estimate of drug-likeness (QED) is 0.767. The first kappa shape index (κ1) is 11.1. The van der Waals surface area contributed by atoms with Crippen LogP contribution in [-0.2, 0) is 6.54 Å². The predicted molar refractivity (Wildman–Crippen MR) is 65.1 cm³/mol. The molecule has 2 nitrogen and oxygen atoms in total. The summed E-state index contributed by atoms with van der Waals surface area (Å²) >= 11 is 0. The fourth-order valence-corrected chi connectivity index (χ4v) is 1.93. The van der Waals surface area contributed by atoms with Crippen molar-refractivity contribution in [1.29, 1.82) is 0 Å². The fraction of sp³-hybridized carbons (Fsp3) is 0.385. The molecule has 86 valence electrons. The van der Waals surface area contributed by atoms with E-state index >= 15 is 0 Å². The molecule has 0 amide bonds. The van der Waals surface area contributed by atoms with E-state index in [-0.39, 0.29) is 5.82 Å². The summed E-state index contributed by atoms with van der Waals surface area (Å²) in [4.78, 5) is 0. The van der Waals surface area contributed by atoms with Crippen LogP contribution in [0, 0.1) is 5.82 Å². The van der Waals surface area contributed by atoms with E-state index in [0.29, 0.717) is 5.39 Å². The van der Waals surface area contributed by atoms with Crippen molar-refractivity contribution in [3.63, 3.8) is 0 Å². The molecule has 0 fully saturated rings. The largest absolute Gasteiger partial charge is 0.347 e. The molecule has 0 saturated carbocycles. The summed E-state index contributed by atoms with van der Waals surface area (Å²) in [7, 11) is 0. The SMILES string of the molecule is CCNCCCn1ccc2c(F)cccc21. The van der Waals surface area contributed by atoms with Gasteiger partial charge >= 0.3 is 0 Å². The van der Waals surface area contributed by atoms with Crippen molar-refractivity contribution in [2.45, 2.75) is 19.9 Å². The van der Waals surface area contributed by atoms with Gasteiger partial charge in [-0.2, -0.15) is 0 Å². The third-order valence-corrected chi connectivity index (χ3v) is 2.76. The highest BCUT2D eigenvalue weighted by molar-refractivity contribution is 5.80. The molecule has 0 radical (unpaired) electrons. The molecule has 0 spiro atoms. The Balaban J connectivity index is 2.10. The van der Waals surface area contributed by atoms with Gasteiger partial charge < -0.3 is 9.88 Å². The van der Waals surface area contributed by atoms with Crippen LogP contribution in [0.15, 0.2) is 30.5 Å². The van der Waals surface area contributed by atoms with Crippen LogP contribution in [0.5, 0.6) is 0 Å². The van der Waals surface area contributed by atoms with Crippen LogP contribution in [-0.4, -0.2) is 17.7 Å². The van der Waals surface area contributed by atoms with Gasteiger partial charge in [-0.05, 0) is 37.7 Å². The Bertz CT molecular complexity index is 462. The maximum absolute atomic E-state index is 13.4. The van der Waals surface area contributed by atoms with Gasteiger partial charge in [-0.3, -0.25) is 0 Å². The summed E-state index contributed by atoms with van der Waals surface area (Å²) in [6.45, 7) is 5.03. The second-order valence-electron chi connectivity index (χ2n) is 3.89. The zero-order chi connectivity index (χ0) is 11.4. The molecule has 1 heterocycles. The highest BCUT2D eigenvalue weighted by Gasteiger charge is 2.04. The third kappa shape index (κ3) is 2.25. The summed E-state index contributed by atoms with van der Waals surface area (Å²) in [5.74, 6) is -0.136. The van der Waals surface area contributed by atoms with E-state index in [1.54, 1.807) is 6.07 Å². The van der Waals surface area contributed by atoms with E-state index in [9.17, 15) is 4.39 Å². The van der Waals surface area contributed by atoms with Crippen LogP contribution in [0.3, 0.4) is 0 Å². The van der Waals surface area contributed by atoms with E-state index in [2.05, 4.69) is 16.8 Å². The van der Waals surface area contributed by atoms with Crippen LogP contribution in [0.4, 0.5) is 4.39 Å². The Morgan fingerprint density at radius 2 is 2.19 bits per heavy atom. The number of fused-ring (bicyclic) bond motifs is 1. The molecular weight excluding hydrogens is 203 g/mol. The normalized spacial score (nSPS) is 11.1.